The van der Waals surface area contributed by atoms with E-state index in [1.165, 1.54) is 12.4 Å². The SMILES string of the molecule is CCOC[C@@H]1C[C@H](N(C)C(C)C)CC[C@@H]1N1CCC(Nc2ncnc3ccc(C(F)(F)F)cc23)C1=O. The van der Waals surface area contributed by atoms with Gasteiger partial charge in [0.1, 0.15) is 18.2 Å². The van der Waals surface area contributed by atoms with Crippen molar-refractivity contribution < 1.29 is 22.7 Å². The lowest BCUT2D eigenvalue weighted by atomic mass is 9.80. The first-order valence-corrected chi connectivity index (χ1v) is 12.8. The largest absolute Gasteiger partial charge is 0.416 e. The number of amides is 1. The normalized spacial score (nSPS) is 25.4. The predicted molar refractivity (Wildman–Crippen MR) is 133 cm³/mol. The second-order valence-electron chi connectivity index (χ2n) is 10.2. The molecule has 7 nitrogen and oxygen atoms in total. The molecule has 0 radical (unpaired) electrons. The summed E-state index contributed by atoms with van der Waals surface area (Å²) in [7, 11) is 2.16. The van der Waals surface area contributed by atoms with Gasteiger partial charge in [0.2, 0.25) is 5.91 Å². The number of benzene rings is 1. The molecule has 1 aliphatic carbocycles. The standard InChI is InChI=1S/C26H36F3N5O2/c1-5-36-14-17-12-19(33(4)16(2)3)7-9-23(17)34-11-10-22(25(34)35)32-24-20-13-18(26(27,28)29)6-8-21(20)30-15-31-24/h6,8,13,15-17,19,22-23H,5,7,9-12,14H2,1-4H3,(H,30,31,32)/t17-,19+,22?,23-/m0/s1. The first-order chi connectivity index (χ1) is 17.1. The Bertz CT molecular complexity index is 1060. The molecule has 1 aromatic carbocycles. The number of carbonyl (C=O) groups excluding carboxylic acids is 1. The van der Waals surface area contributed by atoms with Crippen molar-refractivity contribution in [2.24, 2.45) is 5.92 Å². The predicted octanol–water partition coefficient (Wildman–Crippen LogP) is 4.58. The maximum Gasteiger partial charge on any atom is 0.416 e. The minimum absolute atomic E-state index is 0.0316. The van der Waals surface area contributed by atoms with Gasteiger partial charge >= 0.3 is 6.18 Å². The van der Waals surface area contributed by atoms with Crippen LogP contribution in [0.3, 0.4) is 0 Å². The molecule has 36 heavy (non-hydrogen) atoms. The van der Waals surface area contributed by atoms with Crippen molar-refractivity contribution in [1.82, 2.24) is 19.8 Å². The van der Waals surface area contributed by atoms with Gasteiger partial charge in [-0.15, -0.1) is 0 Å². The average Bonchev–Trinajstić information content (AvgIpc) is 3.21. The van der Waals surface area contributed by atoms with E-state index >= 15 is 0 Å². The third-order valence-electron chi connectivity index (χ3n) is 7.75. The Morgan fingerprint density at radius 1 is 1.22 bits per heavy atom. The number of halogens is 3. The maximum absolute atomic E-state index is 13.5. The number of anilines is 1. The number of alkyl halides is 3. The number of nitrogens with zero attached hydrogens (tertiary/aromatic N) is 4. The van der Waals surface area contributed by atoms with Gasteiger partial charge in [-0.25, -0.2) is 9.97 Å². The van der Waals surface area contributed by atoms with Gasteiger partial charge in [-0.2, -0.15) is 13.2 Å². The Morgan fingerprint density at radius 3 is 2.69 bits per heavy atom. The molecule has 1 aliphatic heterocycles. The van der Waals surface area contributed by atoms with Crippen molar-refractivity contribution in [3.05, 3.63) is 30.1 Å². The summed E-state index contributed by atoms with van der Waals surface area (Å²) in [4.78, 5) is 26.1. The van der Waals surface area contributed by atoms with Gasteiger partial charge in [0.15, 0.2) is 0 Å². The van der Waals surface area contributed by atoms with E-state index in [1.54, 1.807) is 0 Å². The summed E-state index contributed by atoms with van der Waals surface area (Å²) in [6.07, 6.45) is 0.289. The number of likely N-dealkylation sites (tertiary alicyclic amines) is 1. The highest BCUT2D eigenvalue weighted by atomic mass is 19.4. The van der Waals surface area contributed by atoms with E-state index in [2.05, 4.69) is 41.1 Å². The molecule has 4 rings (SSSR count). The van der Waals surface area contributed by atoms with E-state index in [0.717, 1.165) is 31.4 Å². The summed E-state index contributed by atoms with van der Waals surface area (Å²) in [5.41, 5.74) is -0.374. The molecule has 10 heteroatoms. The van der Waals surface area contributed by atoms with Crippen LogP contribution in [0.25, 0.3) is 10.9 Å². The second kappa shape index (κ2) is 10.9. The third kappa shape index (κ3) is 5.59. The van der Waals surface area contributed by atoms with E-state index in [-0.39, 0.29) is 29.1 Å². The molecule has 198 valence electrons. The number of ether oxygens (including phenoxy) is 1. The van der Waals surface area contributed by atoms with Crippen LogP contribution in [-0.4, -0.2) is 76.6 Å². The average molecular weight is 508 g/mol. The second-order valence-corrected chi connectivity index (χ2v) is 10.2. The van der Waals surface area contributed by atoms with Crippen molar-refractivity contribution in [2.75, 3.05) is 32.1 Å². The van der Waals surface area contributed by atoms with Crippen molar-refractivity contribution in [1.29, 1.82) is 0 Å². The lowest BCUT2D eigenvalue weighted by Crippen LogP contribution is -2.52. The van der Waals surface area contributed by atoms with Crippen molar-refractivity contribution in [3.63, 3.8) is 0 Å². The summed E-state index contributed by atoms with van der Waals surface area (Å²) in [5, 5.41) is 3.39. The molecule has 1 aromatic heterocycles. The van der Waals surface area contributed by atoms with Gasteiger partial charge < -0.3 is 19.9 Å². The zero-order chi connectivity index (χ0) is 26.0. The van der Waals surface area contributed by atoms with Crippen LogP contribution < -0.4 is 5.32 Å². The van der Waals surface area contributed by atoms with Crippen LogP contribution in [0.5, 0.6) is 0 Å². The smallest absolute Gasteiger partial charge is 0.381 e. The van der Waals surface area contributed by atoms with Gasteiger partial charge in [-0.05, 0) is 71.7 Å². The minimum atomic E-state index is -4.47. The molecule has 1 unspecified atom stereocenters. The number of hydrogen-bond donors (Lipinski definition) is 1. The quantitative estimate of drug-likeness (QED) is 0.564. The molecule has 1 N–H and O–H groups in total. The zero-order valence-corrected chi connectivity index (χ0v) is 21.4. The Balaban J connectivity index is 1.51. The van der Waals surface area contributed by atoms with Gasteiger partial charge in [0.25, 0.3) is 0 Å². The summed E-state index contributed by atoms with van der Waals surface area (Å²) < 4.78 is 45.7. The van der Waals surface area contributed by atoms with Crippen molar-refractivity contribution >= 4 is 22.6 Å². The molecule has 1 saturated carbocycles. The fourth-order valence-corrected chi connectivity index (χ4v) is 5.55. The van der Waals surface area contributed by atoms with E-state index in [9.17, 15) is 18.0 Å². The Labute approximate surface area is 210 Å². The van der Waals surface area contributed by atoms with E-state index < -0.39 is 17.8 Å². The first kappa shape index (κ1) is 26.6. The van der Waals surface area contributed by atoms with Crippen LogP contribution in [0.1, 0.15) is 52.0 Å². The fraction of sp³-hybridized carbons (Fsp3) is 0.654. The molecule has 2 aromatic rings. The Morgan fingerprint density at radius 2 is 2.00 bits per heavy atom. The maximum atomic E-state index is 13.5. The third-order valence-corrected chi connectivity index (χ3v) is 7.75. The fourth-order valence-electron chi connectivity index (χ4n) is 5.55. The van der Waals surface area contributed by atoms with Gasteiger partial charge in [-0.1, -0.05) is 0 Å². The number of hydrogen-bond acceptors (Lipinski definition) is 6. The lowest BCUT2D eigenvalue weighted by molar-refractivity contribution is -0.137. The number of carbonyl (C=O) groups is 1. The summed E-state index contributed by atoms with van der Waals surface area (Å²) in [6, 6.07) is 3.83. The lowest BCUT2D eigenvalue weighted by Gasteiger charge is -2.44. The van der Waals surface area contributed by atoms with E-state index in [1.807, 2.05) is 11.8 Å². The van der Waals surface area contributed by atoms with E-state index in [4.69, 9.17) is 4.74 Å². The molecular formula is C26H36F3N5O2. The van der Waals surface area contributed by atoms with E-state index in [0.29, 0.717) is 43.8 Å². The molecular weight excluding hydrogens is 471 g/mol. The highest BCUT2D eigenvalue weighted by molar-refractivity contribution is 5.93. The van der Waals surface area contributed by atoms with Crippen LogP contribution in [0.4, 0.5) is 19.0 Å². The summed E-state index contributed by atoms with van der Waals surface area (Å²) in [5.74, 6) is 0.456. The van der Waals surface area contributed by atoms with Gasteiger partial charge in [0, 0.05) is 42.6 Å². The zero-order valence-electron chi connectivity index (χ0n) is 21.4. The molecule has 2 heterocycles. The topological polar surface area (TPSA) is 70.6 Å². The number of rotatable bonds is 8. The summed E-state index contributed by atoms with van der Waals surface area (Å²) >= 11 is 0. The first-order valence-electron chi connectivity index (χ1n) is 12.8. The molecule has 2 fully saturated rings. The summed E-state index contributed by atoms with van der Waals surface area (Å²) in [6.45, 7) is 8.21. The van der Waals surface area contributed by atoms with Crippen molar-refractivity contribution in [3.8, 4) is 0 Å². The molecule has 2 aliphatic rings. The monoisotopic (exact) mass is 507 g/mol. The van der Waals surface area contributed by atoms with Crippen LogP contribution in [-0.2, 0) is 15.7 Å². The van der Waals surface area contributed by atoms with Gasteiger partial charge in [-0.3, -0.25) is 4.79 Å². The van der Waals surface area contributed by atoms with Gasteiger partial charge in [0.05, 0.1) is 17.7 Å². The minimum Gasteiger partial charge on any atom is -0.381 e. The molecule has 0 spiro atoms. The number of fused-ring (bicyclic) bond motifs is 1. The van der Waals surface area contributed by atoms with Crippen molar-refractivity contribution in [2.45, 2.75) is 76.8 Å². The number of nitrogens with one attached hydrogen (secondary N) is 1. The Kier molecular flexibility index (Phi) is 8.04. The molecule has 1 amide bonds. The highest BCUT2D eigenvalue weighted by Crippen LogP contribution is 2.36. The number of aromatic nitrogens is 2. The van der Waals surface area contributed by atoms with Crippen LogP contribution in [0, 0.1) is 5.92 Å². The Hall–Kier alpha value is -2.46. The molecule has 0 bridgehead atoms. The van der Waals surface area contributed by atoms with Crippen LogP contribution >= 0.6 is 0 Å². The highest BCUT2D eigenvalue weighted by Gasteiger charge is 2.42. The van der Waals surface area contributed by atoms with Crippen LogP contribution in [0.15, 0.2) is 24.5 Å². The van der Waals surface area contributed by atoms with Crippen LogP contribution in [0.2, 0.25) is 0 Å². The molecule has 4 atom stereocenters. The molecule has 1 saturated heterocycles.